The molecule has 1 N–H and O–H groups in total. The zero-order valence-corrected chi connectivity index (χ0v) is 23.3. The molecule has 2 aromatic heterocycles. The van der Waals surface area contributed by atoms with Gasteiger partial charge in [-0.1, -0.05) is 20.3 Å². The number of aryl methyl sites for hydroxylation is 1. The molecule has 1 aliphatic carbocycles. The fraction of sp³-hybridized carbons (Fsp3) is 0.438. The molecule has 1 unspecified atom stereocenters. The van der Waals surface area contributed by atoms with Gasteiger partial charge in [-0.15, -0.1) is 17.1 Å². The average Bonchev–Trinajstić information content (AvgIpc) is 3.50. The maximum atomic E-state index is 13.5. The lowest BCUT2D eigenvalue weighted by Gasteiger charge is -2.22. The molecule has 1 aliphatic heterocycles. The van der Waals surface area contributed by atoms with Gasteiger partial charge in [0.2, 0.25) is 0 Å². The van der Waals surface area contributed by atoms with E-state index in [2.05, 4.69) is 44.0 Å². The van der Waals surface area contributed by atoms with E-state index in [1.54, 1.807) is 12.1 Å². The van der Waals surface area contributed by atoms with E-state index in [4.69, 9.17) is 9.97 Å². The molecule has 38 heavy (non-hydrogen) atoms. The fourth-order valence-electron chi connectivity index (χ4n) is 5.82. The third-order valence-electron chi connectivity index (χ3n) is 7.80. The summed E-state index contributed by atoms with van der Waals surface area (Å²) in [5.41, 5.74) is 10.2. The lowest BCUT2D eigenvalue weighted by Crippen LogP contribution is -2.34. The maximum absolute atomic E-state index is 13.5. The van der Waals surface area contributed by atoms with Crippen molar-refractivity contribution in [1.82, 2.24) is 15.3 Å². The van der Waals surface area contributed by atoms with Crippen LogP contribution in [0.15, 0.2) is 35.9 Å². The Kier molecular flexibility index (Phi) is 8.19. The lowest BCUT2D eigenvalue weighted by atomic mass is 9.87. The van der Waals surface area contributed by atoms with Gasteiger partial charge in [0, 0.05) is 28.5 Å². The Labute approximate surface area is 228 Å². The number of hydrogen-bond donors (Lipinski definition) is 1. The summed E-state index contributed by atoms with van der Waals surface area (Å²) in [4.78, 5) is 10.7. The second kappa shape index (κ2) is 11.7. The quantitative estimate of drug-likeness (QED) is 0.394. The molecule has 1 aromatic carbocycles. The van der Waals surface area contributed by atoms with Crippen molar-refractivity contribution in [1.29, 1.82) is 5.26 Å². The molecule has 5 rings (SSSR count). The standard InChI is InChI=1S/C32H35FN4S/c1-4-6-24-17-27-20(3)15-26(16-21-11-13-35-14-12-21)36-32(27)30(24)22(5-2)18-29-37-31(28(19-34)38-29)23-7-9-25(33)10-8-23/h7-10,15,21-22,35H,4-6,11-14,16,18H2,1-3H3. The molecule has 0 bridgehead atoms. The second-order valence-corrected chi connectivity index (χ2v) is 11.6. The zero-order valence-electron chi connectivity index (χ0n) is 22.5. The highest BCUT2D eigenvalue weighted by Gasteiger charge is 2.25. The van der Waals surface area contributed by atoms with E-state index >= 15 is 0 Å². The molecule has 3 aromatic rings. The van der Waals surface area contributed by atoms with E-state index in [0.717, 1.165) is 66.3 Å². The zero-order chi connectivity index (χ0) is 26.6. The molecule has 6 heteroatoms. The number of hydrogen-bond acceptors (Lipinski definition) is 5. The van der Waals surface area contributed by atoms with Crippen LogP contribution in [0.2, 0.25) is 0 Å². The number of rotatable bonds is 9. The van der Waals surface area contributed by atoms with Crippen molar-refractivity contribution in [3.05, 3.63) is 73.4 Å². The summed E-state index contributed by atoms with van der Waals surface area (Å²) in [6, 6.07) is 10.8. The monoisotopic (exact) mass is 526 g/mol. The van der Waals surface area contributed by atoms with Crippen molar-refractivity contribution < 1.29 is 4.39 Å². The molecule has 3 heterocycles. The Morgan fingerprint density at radius 1 is 1.18 bits per heavy atom. The van der Waals surface area contributed by atoms with Gasteiger partial charge in [-0.25, -0.2) is 9.37 Å². The van der Waals surface area contributed by atoms with Crippen LogP contribution in [0.1, 0.15) is 67.1 Å². The third-order valence-corrected chi connectivity index (χ3v) is 8.78. The van der Waals surface area contributed by atoms with E-state index < -0.39 is 0 Å². The van der Waals surface area contributed by atoms with Gasteiger partial charge < -0.3 is 5.32 Å². The number of pyridine rings is 1. The van der Waals surface area contributed by atoms with Gasteiger partial charge >= 0.3 is 0 Å². The Hall–Kier alpha value is -3.10. The van der Waals surface area contributed by atoms with Crippen LogP contribution in [-0.4, -0.2) is 23.1 Å². The van der Waals surface area contributed by atoms with Gasteiger partial charge in [0.05, 0.1) is 16.1 Å². The third kappa shape index (κ3) is 5.52. The first-order chi connectivity index (χ1) is 18.5. The SMILES string of the molecule is CCCC1=C=c2c(C)cc(CC3CCNCC3)nc2=C1C(CC)Cc1nc(-c2ccc(F)cc2)c(C#N)s1. The Morgan fingerprint density at radius 3 is 2.63 bits per heavy atom. The minimum absolute atomic E-state index is 0.241. The highest BCUT2D eigenvalue weighted by molar-refractivity contribution is 7.12. The molecule has 0 radical (unpaired) electrons. The molecule has 0 spiro atoms. The summed E-state index contributed by atoms with van der Waals surface area (Å²) < 4.78 is 13.5. The van der Waals surface area contributed by atoms with Gasteiger partial charge in [0.25, 0.3) is 0 Å². The Morgan fingerprint density at radius 2 is 1.95 bits per heavy atom. The first-order valence-electron chi connectivity index (χ1n) is 13.9. The van der Waals surface area contributed by atoms with Crippen LogP contribution in [0.5, 0.6) is 0 Å². The number of aromatic nitrogens is 2. The van der Waals surface area contributed by atoms with Crippen LogP contribution in [0, 0.1) is 35.9 Å². The molecule has 1 fully saturated rings. The summed E-state index contributed by atoms with van der Waals surface area (Å²) >= 11 is 1.45. The van der Waals surface area contributed by atoms with E-state index in [0.29, 0.717) is 16.5 Å². The summed E-state index contributed by atoms with van der Waals surface area (Å²) in [5, 5.41) is 16.5. The van der Waals surface area contributed by atoms with E-state index in [1.807, 2.05) is 0 Å². The number of nitriles is 1. The van der Waals surface area contributed by atoms with Gasteiger partial charge in [-0.3, -0.25) is 4.98 Å². The topological polar surface area (TPSA) is 61.6 Å². The van der Waals surface area contributed by atoms with E-state index in [9.17, 15) is 9.65 Å². The van der Waals surface area contributed by atoms with E-state index in [-0.39, 0.29) is 11.7 Å². The normalized spacial score (nSPS) is 16.1. The van der Waals surface area contributed by atoms with Crippen molar-refractivity contribution in [2.45, 2.75) is 65.7 Å². The van der Waals surface area contributed by atoms with Crippen LogP contribution >= 0.6 is 11.3 Å². The first kappa shape index (κ1) is 26.5. The lowest BCUT2D eigenvalue weighted by molar-refractivity contribution is 0.370. The van der Waals surface area contributed by atoms with Crippen molar-refractivity contribution in [3.8, 4) is 17.3 Å². The van der Waals surface area contributed by atoms with E-state index in [1.165, 1.54) is 58.7 Å². The van der Waals surface area contributed by atoms with Crippen LogP contribution in [-0.2, 0) is 12.8 Å². The minimum Gasteiger partial charge on any atom is -0.317 e. The molecule has 4 nitrogen and oxygen atoms in total. The average molecular weight is 527 g/mol. The number of nitrogens with zero attached hydrogens (tertiary/aromatic N) is 3. The van der Waals surface area contributed by atoms with Crippen molar-refractivity contribution in [2.75, 3.05) is 13.1 Å². The smallest absolute Gasteiger partial charge is 0.132 e. The summed E-state index contributed by atoms with van der Waals surface area (Å²) in [5.74, 6) is 0.633. The minimum atomic E-state index is -0.293. The predicted molar refractivity (Wildman–Crippen MR) is 152 cm³/mol. The van der Waals surface area contributed by atoms with Crippen LogP contribution < -0.4 is 15.9 Å². The second-order valence-electron chi connectivity index (χ2n) is 10.5. The predicted octanol–water partition coefficient (Wildman–Crippen LogP) is 5.61. The summed E-state index contributed by atoms with van der Waals surface area (Å²) in [7, 11) is 0. The number of fused-ring (bicyclic) bond motifs is 1. The number of thiazole rings is 1. The van der Waals surface area contributed by atoms with Crippen molar-refractivity contribution in [3.63, 3.8) is 0 Å². The van der Waals surface area contributed by atoms with Crippen molar-refractivity contribution >= 4 is 22.6 Å². The number of benzene rings is 1. The number of nitrogens with one attached hydrogen (secondary N) is 1. The van der Waals surface area contributed by atoms with Gasteiger partial charge in [-0.05, 0) is 105 Å². The van der Waals surface area contributed by atoms with Crippen LogP contribution in [0.4, 0.5) is 4.39 Å². The first-order valence-corrected chi connectivity index (χ1v) is 14.7. The summed E-state index contributed by atoms with van der Waals surface area (Å²) in [6.07, 6.45) is 7.19. The van der Waals surface area contributed by atoms with Gasteiger partial charge in [0.1, 0.15) is 16.8 Å². The molecule has 0 saturated carbocycles. The largest absolute Gasteiger partial charge is 0.317 e. The van der Waals surface area contributed by atoms with Gasteiger partial charge in [-0.2, -0.15) is 5.26 Å². The highest BCUT2D eigenvalue weighted by atomic mass is 32.1. The van der Waals surface area contributed by atoms with Crippen molar-refractivity contribution in [2.24, 2.45) is 11.8 Å². The molecule has 1 atom stereocenters. The molecular formula is C32H35FN4S. The molecule has 1 saturated heterocycles. The number of halogens is 1. The maximum Gasteiger partial charge on any atom is 0.132 e. The number of piperidine rings is 1. The molecule has 2 aliphatic rings. The highest BCUT2D eigenvalue weighted by Crippen LogP contribution is 2.34. The Balaban J connectivity index is 1.52. The molecular weight excluding hydrogens is 491 g/mol. The van der Waals surface area contributed by atoms with Crippen LogP contribution in [0.25, 0.3) is 22.6 Å². The Bertz CT molecular complexity index is 1520. The number of allylic oxidation sites excluding steroid dienone is 1. The summed E-state index contributed by atoms with van der Waals surface area (Å²) in [6.45, 7) is 8.83. The van der Waals surface area contributed by atoms with Crippen LogP contribution in [0.3, 0.4) is 0 Å². The molecule has 196 valence electrons. The molecule has 0 amide bonds. The fourth-order valence-corrected chi connectivity index (χ4v) is 6.78. The van der Waals surface area contributed by atoms with Gasteiger partial charge in [0.15, 0.2) is 0 Å².